The predicted octanol–water partition coefficient (Wildman–Crippen LogP) is 9.86. The Bertz CT molecular complexity index is 1110. The van der Waals surface area contributed by atoms with Gasteiger partial charge in [0.05, 0.1) is 0 Å². The molecule has 32 heavy (non-hydrogen) atoms. The van der Waals surface area contributed by atoms with Crippen molar-refractivity contribution in [2.75, 3.05) is 0 Å². The first-order valence-corrected chi connectivity index (χ1v) is 12.3. The van der Waals surface area contributed by atoms with Crippen LogP contribution in [0.1, 0.15) is 52.7 Å². The van der Waals surface area contributed by atoms with E-state index in [0.717, 1.165) is 0 Å². The zero-order chi connectivity index (χ0) is 22.9. The van der Waals surface area contributed by atoms with E-state index in [1.54, 1.807) is 0 Å². The Morgan fingerprint density at radius 2 is 0.844 bits per heavy atom. The van der Waals surface area contributed by atoms with E-state index in [2.05, 4.69) is 133 Å². The highest BCUT2D eigenvalue weighted by Crippen LogP contribution is 2.41. The summed E-state index contributed by atoms with van der Waals surface area (Å²) in [5.74, 6) is 0. The molecule has 0 spiro atoms. The lowest BCUT2D eigenvalue weighted by molar-refractivity contribution is 0.590. The quantitative estimate of drug-likeness (QED) is 0.300. The standard InChI is InChI=1S/C31H33P/c1-30(2,3)26-16-12-23(13-17-26)28-20-25(22-10-8-7-9-11-22)21-29(32-28)24-14-18-27(19-15-24)31(4,5)6/h7-21H,1-6H3. The molecule has 0 amide bonds. The van der Waals surface area contributed by atoms with Crippen LogP contribution < -0.4 is 0 Å². The third kappa shape index (κ3) is 5.03. The molecule has 3 aromatic carbocycles. The van der Waals surface area contributed by atoms with Crippen LogP contribution in [0.3, 0.4) is 0 Å². The summed E-state index contributed by atoms with van der Waals surface area (Å²) in [5.41, 5.74) is 8.20. The van der Waals surface area contributed by atoms with Gasteiger partial charge in [0.2, 0.25) is 0 Å². The minimum Gasteiger partial charge on any atom is -0.0622 e. The van der Waals surface area contributed by atoms with E-state index in [1.807, 2.05) is 0 Å². The first kappa shape index (κ1) is 22.5. The summed E-state index contributed by atoms with van der Waals surface area (Å²) in [7, 11) is 1.25. The van der Waals surface area contributed by atoms with Crippen LogP contribution in [-0.2, 0) is 10.8 Å². The smallest absolute Gasteiger partial charge is 0.0102 e. The second-order valence-corrected chi connectivity index (χ2v) is 11.8. The molecular formula is C31H33P. The molecule has 0 bridgehead atoms. The van der Waals surface area contributed by atoms with Crippen LogP contribution in [0.25, 0.3) is 32.8 Å². The lowest BCUT2D eigenvalue weighted by atomic mass is 9.86. The van der Waals surface area contributed by atoms with Gasteiger partial charge in [0.15, 0.2) is 0 Å². The summed E-state index contributed by atoms with van der Waals surface area (Å²) in [5, 5.41) is 2.70. The number of hydrogen-bond acceptors (Lipinski definition) is 0. The van der Waals surface area contributed by atoms with Crippen LogP contribution in [0.4, 0.5) is 0 Å². The average molecular weight is 437 g/mol. The SMILES string of the molecule is CC(C)(C)c1ccc(-c2cc(-c3ccccc3)cc(-c3ccc(C(C)(C)C)cc3)p2)cc1. The first-order valence-electron chi connectivity index (χ1n) is 11.4. The van der Waals surface area contributed by atoms with E-state index in [1.165, 1.54) is 52.2 Å². The molecule has 0 unspecified atom stereocenters. The number of hydrogen-bond donors (Lipinski definition) is 0. The van der Waals surface area contributed by atoms with E-state index in [-0.39, 0.29) is 10.8 Å². The minimum atomic E-state index is 0.165. The summed E-state index contributed by atoms with van der Waals surface area (Å²) in [6.07, 6.45) is 0. The molecule has 0 nitrogen and oxygen atoms in total. The van der Waals surface area contributed by atoms with Crippen LogP contribution in [-0.4, -0.2) is 0 Å². The van der Waals surface area contributed by atoms with E-state index in [0.29, 0.717) is 0 Å². The van der Waals surface area contributed by atoms with Gasteiger partial charge in [-0.1, -0.05) is 129 Å². The van der Waals surface area contributed by atoms with Gasteiger partial charge in [0.1, 0.15) is 0 Å². The van der Waals surface area contributed by atoms with Crippen molar-refractivity contribution < 1.29 is 0 Å². The van der Waals surface area contributed by atoms with Gasteiger partial charge in [-0.2, -0.15) is 0 Å². The van der Waals surface area contributed by atoms with Crippen LogP contribution in [0.5, 0.6) is 0 Å². The molecule has 0 aliphatic rings. The monoisotopic (exact) mass is 436 g/mol. The molecule has 0 aliphatic carbocycles. The molecule has 1 heteroatoms. The molecule has 1 heterocycles. The Hall–Kier alpha value is -2.69. The fourth-order valence-electron chi connectivity index (χ4n) is 3.91. The summed E-state index contributed by atoms with van der Waals surface area (Å²) in [6.45, 7) is 13.6. The van der Waals surface area contributed by atoms with Gasteiger partial charge in [-0.05, 0) is 56.3 Å². The summed E-state index contributed by atoms with van der Waals surface area (Å²) in [4.78, 5) is 0. The van der Waals surface area contributed by atoms with Crippen LogP contribution in [0.15, 0.2) is 91.0 Å². The van der Waals surface area contributed by atoms with Gasteiger partial charge >= 0.3 is 0 Å². The van der Waals surface area contributed by atoms with Crippen molar-refractivity contribution in [3.8, 4) is 32.8 Å². The topological polar surface area (TPSA) is 0 Å². The van der Waals surface area contributed by atoms with Crippen molar-refractivity contribution in [1.29, 1.82) is 0 Å². The molecule has 4 aromatic rings. The van der Waals surface area contributed by atoms with Crippen molar-refractivity contribution in [1.82, 2.24) is 0 Å². The summed E-state index contributed by atoms with van der Waals surface area (Å²) in [6, 6.07) is 33.7. The van der Waals surface area contributed by atoms with Crippen molar-refractivity contribution >= 4 is 8.19 Å². The van der Waals surface area contributed by atoms with Crippen LogP contribution >= 0.6 is 8.19 Å². The predicted molar refractivity (Wildman–Crippen MR) is 143 cm³/mol. The maximum Gasteiger partial charge on any atom is 0.0102 e. The van der Waals surface area contributed by atoms with Crippen LogP contribution in [0, 0.1) is 0 Å². The van der Waals surface area contributed by atoms with Crippen molar-refractivity contribution in [3.05, 3.63) is 102 Å². The molecule has 0 N–H and O–H groups in total. The zero-order valence-corrected chi connectivity index (χ0v) is 21.0. The number of benzene rings is 3. The van der Waals surface area contributed by atoms with E-state index < -0.39 is 0 Å². The number of rotatable bonds is 3. The normalized spacial score (nSPS) is 12.1. The Labute approximate surface area is 195 Å². The largest absolute Gasteiger partial charge is 0.0622 e. The highest BCUT2D eigenvalue weighted by molar-refractivity contribution is 7.37. The molecule has 0 atom stereocenters. The summed E-state index contributed by atoms with van der Waals surface area (Å²) < 4.78 is 0. The minimum absolute atomic E-state index is 0.165. The Morgan fingerprint density at radius 3 is 1.22 bits per heavy atom. The van der Waals surface area contributed by atoms with Crippen molar-refractivity contribution in [3.63, 3.8) is 0 Å². The van der Waals surface area contributed by atoms with Gasteiger partial charge in [0.25, 0.3) is 0 Å². The van der Waals surface area contributed by atoms with E-state index in [9.17, 15) is 0 Å². The lowest BCUT2D eigenvalue weighted by Gasteiger charge is -2.20. The van der Waals surface area contributed by atoms with Gasteiger partial charge in [-0.15, -0.1) is 0 Å². The van der Waals surface area contributed by atoms with Crippen molar-refractivity contribution in [2.24, 2.45) is 0 Å². The molecule has 1 aromatic heterocycles. The van der Waals surface area contributed by atoms with E-state index >= 15 is 0 Å². The molecule has 0 aliphatic heterocycles. The first-order chi connectivity index (χ1) is 15.1. The second kappa shape index (κ2) is 8.68. The zero-order valence-electron chi connectivity index (χ0n) is 20.1. The van der Waals surface area contributed by atoms with Crippen LogP contribution in [0.2, 0.25) is 0 Å². The maximum atomic E-state index is 2.36. The van der Waals surface area contributed by atoms with Gasteiger partial charge < -0.3 is 0 Å². The lowest BCUT2D eigenvalue weighted by Crippen LogP contribution is -2.10. The maximum absolute atomic E-state index is 2.36. The average Bonchev–Trinajstić information content (AvgIpc) is 2.78. The Kier molecular flexibility index (Phi) is 6.11. The van der Waals surface area contributed by atoms with E-state index in [4.69, 9.17) is 0 Å². The van der Waals surface area contributed by atoms with Gasteiger partial charge in [-0.25, -0.2) is 0 Å². The Balaban J connectivity index is 1.82. The molecule has 0 fully saturated rings. The highest BCUT2D eigenvalue weighted by atomic mass is 31.0. The Morgan fingerprint density at radius 1 is 0.438 bits per heavy atom. The molecular weight excluding hydrogens is 403 g/mol. The molecule has 0 saturated heterocycles. The highest BCUT2D eigenvalue weighted by Gasteiger charge is 2.15. The molecule has 0 radical (unpaired) electrons. The third-order valence-corrected chi connectivity index (χ3v) is 7.28. The fourth-order valence-corrected chi connectivity index (χ4v) is 5.13. The third-order valence-electron chi connectivity index (χ3n) is 6.03. The fraction of sp³-hybridized carbons (Fsp3) is 0.258. The van der Waals surface area contributed by atoms with Gasteiger partial charge in [-0.3, -0.25) is 0 Å². The van der Waals surface area contributed by atoms with Gasteiger partial charge in [0, 0.05) is 10.6 Å². The summed E-state index contributed by atoms with van der Waals surface area (Å²) >= 11 is 0. The molecule has 162 valence electrons. The molecule has 0 saturated carbocycles. The molecule has 4 rings (SSSR count). The second-order valence-electron chi connectivity index (χ2n) is 10.6. The van der Waals surface area contributed by atoms with Crippen molar-refractivity contribution in [2.45, 2.75) is 52.4 Å².